The lowest BCUT2D eigenvalue weighted by Crippen LogP contribution is -2.41. The van der Waals surface area contributed by atoms with Crippen molar-refractivity contribution in [3.8, 4) is 0 Å². The predicted molar refractivity (Wildman–Crippen MR) is 81.9 cm³/mol. The van der Waals surface area contributed by atoms with Gasteiger partial charge in [-0.1, -0.05) is 6.07 Å². The van der Waals surface area contributed by atoms with Crippen LogP contribution in [0.4, 0.5) is 0 Å². The molecule has 0 aliphatic carbocycles. The van der Waals surface area contributed by atoms with Crippen LogP contribution in [0.25, 0.3) is 0 Å². The summed E-state index contributed by atoms with van der Waals surface area (Å²) < 4.78 is 0. The number of carbonyl (C=O) groups is 2. The summed E-state index contributed by atoms with van der Waals surface area (Å²) in [5, 5.41) is 0. The topological polar surface area (TPSA) is 56.8 Å². The number of likely N-dealkylation sites (N-methyl/N-ethyl adjacent to an activating group) is 1. The fraction of sp³-hybridized carbons (Fsp3) is 0.562. The maximum atomic E-state index is 12.3. The van der Waals surface area contributed by atoms with Crippen molar-refractivity contribution in [2.45, 2.75) is 31.5 Å². The largest absolute Gasteiger partial charge is 0.348 e. The van der Waals surface area contributed by atoms with Crippen LogP contribution in [0.1, 0.15) is 18.4 Å². The Balaban J connectivity index is 1.67. The highest BCUT2D eigenvalue weighted by Gasteiger charge is 2.46. The van der Waals surface area contributed by atoms with E-state index >= 15 is 0 Å². The van der Waals surface area contributed by atoms with Crippen molar-refractivity contribution < 1.29 is 9.59 Å². The Bertz CT molecular complexity index is 561. The van der Waals surface area contributed by atoms with Gasteiger partial charge in [-0.25, -0.2) is 0 Å². The summed E-state index contributed by atoms with van der Waals surface area (Å²) >= 11 is 0. The molecule has 1 aromatic rings. The first-order valence-corrected chi connectivity index (χ1v) is 7.69. The molecule has 2 aliphatic rings. The van der Waals surface area contributed by atoms with E-state index in [1.807, 2.05) is 23.2 Å². The summed E-state index contributed by atoms with van der Waals surface area (Å²) in [5.74, 6) is 0.277. The number of carbonyl (C=O) groups excluding carboxylic acids is 2. The van der Waals surface area contributed by atoms with Crippen LogP contribution < -0.4 is 0 Å². The van der Waals surface area contributed by atoms with E-state index < -0.39 is 0 Å². The third kappa shape index (κ3) is 2.83. The van der Waals surface area contributed by atoms with E-state index in [4.69, 9.17) is 0 Å². The minimum atomic E-state index is 0.0961. The molecule has 3 heterocycles. The summed E-state index contributed by atoms with van der Waals surface area (Å²) in [4.78, 5) is 34.1. The molecule has 2 unspecified atom stereocenters. The summed E-state index contributed by atoms with van der Waals surface area (Å²) in [6.07, 6.45) is 5.01. The third-order valence-corrected chi connectivity index (χ3v) is 4.64. The average molecular weight is 302 g/mol. The summed E-state index contributed by atoms with van der Waals surface area (Å²) in [7, 11) is 3.54. The number of hydrogen-bond acceptors (Lipinski definition) is 4. The molecule has 0 aromatic carbocycles. The second-order valence-corrected chi connectivity index (χ2v) is 6.27. The van der Waals surface area contributed by atoms with Crippen molar-refractivity contribution in [3.05, 3.63) is 30.1 Å². The Morgan fingerprint density at radius 3 is 2.91 bits per heavy atom. The molecular weight excluding hydrogens is 280 g/mol. The van der Waals surface area contributed by atoms with E-state index in [0.717, 1.165) is 18.5 Å². The first kappa shape index (κ1) is 15.0. The van der Waals surface area contributed by atoms with Crippen LogP contribution in [0.15, 0.2) is 24.5 Å². The van der Waals surface area contributed by atoms with Crippen molar-refractivity contribution in [1.82, 2.24) is 19.7 Å². The van der Waals surface area contributed by atoms with Gasteiger partial charge < -0.3 is 9.80 Å². The van der Waals surface area contributed by atoms with Gasteiger partial charge in [-0.15, -0.1) is 0 Å². The number of likely N-dealkylation sites (tertiary alicyclic amines) is 2. The highest BCUT2D eigenvalue weighted by molar-refractivity contribution is 5.81. The van der Waals surface area contributed by atoms with Gasteiger partial charge in [0, 0.05) is 58.1 Å². The minimum Gasteiger partial charge on any atom is -0.348 e. The Kier molecular flexibility index (Phi) is 4.11. The van der Waals surface area contributed by atoms with Gasteiger partial charge in [-0.05, 0) is 18.1 Å². The molecule has 0 bridgehead atoms. The number of aromatic nitrogens is 1. The zero-order valence-electron chi connectivity index (χ0n) is 13.1. The number of nitrogens with zero attached hydrogens (tertiary/aromatic N) is 4. The Hall–Kier alpha value is -1.95. The zero-order chi connectivity index (χ0) is 15.7. The van der Waals surface area contributed by atoms with Crippen molar-refractivity contribution >= 4 is 11.8 Å². The lowest BCUT2D eigenvalue weighted by atomic mass is 10.1. The summed E-state index contributed by atoms with van der Waals surface area (Å²) in [6.45, 7) is 1.90. The van der Waals surface area contributed by atoms with E-state index in [1.165, 1.54) is 0 Å². The molecule has 0 N–H and O–H groups in total. The second kappa shape index (κ2) is 6.04. The molecule has 2 saturated heterocycles. The highest BCUT2D eigenvalue weighted by atomic mass is 16.2. The Morgan fingerprint density at radius 2 is 2.23 bits per heavy atom. The van der Waals surface area contributed by atoms with Gasteiger partial charge in [0.15, 0.2) is 0 Å². The molecule has 6 nitrogen and oxygen atoms in total. The van der Waals surface area contributed by atoms with Crippen LogP contribution in [0.5, 0.6) is 0 Å². The summed E-state index contributed by atoms with van der Waals surface area (Å²) in [5.41, 5.74) is 1.05. The molecule has 6 heteroatoms. The molecule has 2 atom stereocenters. The van der Waals surface area contributed by atoms with Gasteiger partial charge in [-0.2, -0.15) is 0 Å². The van der Waals surface area contributed by atoms with Crippen LogP contribution in [0.3, 0.4) is 0 Å². The van der Waals surface area contributed by atoms with E-state index in [0.29, 0.717) is 19.5 Å². The number of amides is 2. The average Bonchev–Trinajstić information content (AvgIpc) is 3.01. The van der Waals surface area contributed by atoms with Crippen molar-refractivity contribution in [2.24, 2.45) is 0 Å². The molecule has 118 valence electrons. The zero-order valence-corrected chi connectivity index (χ0v) is 13.1. The molecule has 0 radical (unpaired) electrons. The number of hydrogen-bond donors (Lipinski definition) is 0. The fourth-order valence-electron chi connectivity index (χ4n) is 3.41. The fourth-order valence-corrected chi connectivity index (χ4v) is 3.41. The van der Waals surface area contributed by atoms with Gasteiger partial charge >= 0.3 is 0 Å². The molecule has 2 aliphatic heterocycles. The van der Waals surface area contributed by atoms with Crippen LogP contribution in [-0.2, 0) is 16.1 Å². The van der Waals surface area contributed by atoms with Crippen molar-refractivity contribution in [3.63, 3.8) is 0 Å². The Morgan fingerprint density at radius 1 is 1.41 bits per heavy atom. The van der Waals surface area contributed by atoms with Gasteiger partial charge in [-0.3, -0.25) is 19.5 Å². The highest BCUT2D eigenvalue weighted by Crippen LogP contribution is 2.33. The van der Waals surface area contributed by atoms with Crippen molar-refractivity contribution in [2.75, 3.05) is 27.2 Å². The van der Waals surface area contributed by atoms with Gasteiger partial charge in [0.1, 0.15) is 0 Å². The summed E-state index contributed by atoms with van der Waals surface area (Å²) in [6, 6.07) is 4.29. The second-order valence-electron chi connectivity index (χ2n) is 6.27. The van der Waals surface area contributed by atoms with Crippen molar-refractivity contribution in [1.29, 1.82) is 0 Å². The number of fused-ring (bicyclic) bond motifs is 1. The molecule has 3 rings (SSSR count). The van der Waals surface area contributed by atoms with E-state index in [1.54, 1.807) is 25.2 Å². The first-order chi connectivity index (χ1) is 10.6. The van der Waals surface area contributed by atoms with Gasteiger partial charge in [0.25, 0.3) is 0 Å². The van der Waals surface area contributed by atoms with Crippen LogP contribution in [0, 0.1) is 0 Å². The molecule has 0 saturated carbocycles. The molecule has 2 amide bonds. The lowest BCUT2D eigenvalue weighted by molar-refractivity contribution is -0.131. The number of pyridine rings is 1. The SMILES string of the molecule is CN(C)C(=O)CN1CCC2C1CC(=O)N2Cc1cccnc1. The van der Waals surface area contributed by atoms with Crippen LogP contribution in [-0.4, -0.2) is 70.8 Å². The predicted octanol–water partition coefficient (Wildman–Crippen LogP) is 0.345. The quantitative estimate of drug-likeness (QED) is 0.805. The smallest absolute Gasteiger partial charge is 0.236 e. The van der Waals surface area contributed by atoms with E-state index in [2.05, 4.69) is 9.88 Å². The van der Waals surface area contributed by atoms with Gasteiger partial charge in [0.05, 0.1) is 6.54 Å². The standard InChI is InChI=1S/C16H22N4O2/c1-18(2)16(22)11-19-7-5-13-14(19)8-15(21)20(13)10-12-4-3-6-17-9-12/h3-4,6,9,13-14H,5,7-8,10-11H2,1-2H3. The monoisotopic (exact) mass is 302 g/mol. The van der Waals surface area contributed by atoms with Crippen LogP contribution >= 0.6 is 0 Å². The molecule has 2 fully saturated rings. The molecule has 22 heavy (non-hydrogen) atoms. The van der Waals surface area contributed by atoms with Crippen LogP contribution in [0.2, 0.25) is 0 Å². The lowest BCUT2D eigenvalue weighted by Gasteiger charge is -2.25. The molecule has 0 spiro atoms. The number of rotatable bonds is 4. The third-order valence-electron chi connectivity index (χ3n) is 4.64. The van der Waals surface area contributed by atoms with Gasteiger partial charge in [0.2, 0.25) is 11.8 Å². The maximum Gasteiger partial charge on any atom is 0.236 e. The van der Waals surface area contributed by atoms with E-state index in [9.17, 15) is 9.59 Å². The molecular formula is C16H22N4O2. The Labute approximate surface area is 130 Å². The molecule has 1 aromatic heterocycles. The maximum absolute atomic E-state index is 12.3. The minimum absolute atomic E-state index is 0.0961. The normalized spacial score (nSPS) is 24.6. The first-order valence-electron chi connectivity index (χ1n) is 7.69. The van der Waals surface area contributed by atoms with E-state index in [-0.39, 0.29) is 23.9 Å².